The lowest BCUT2D eigenvalue weighted by Crippen LogP contribution is -2.64. The molecule has 0 heterocycles. The van der Waals surface area contributed by atoms with E-state index in [1.807, 2.05) is 0 Å². The third kappa shape index (κ3) is 41.3. The molecule has 0 saturated heterocycles. The Kier molecular flexibility index (Phi) is 46.9. The summed E-state index contributed by atoms with van der Waals surface area (Å²) in [4.78, 5) is 36.0. The molecule has 0 aromatic rings. The summed E-state index contributed by atoms with van der Waals surface area (Å²) in [5, 5.41) is 50.4. The molecule has 6 atom stereocenters. The van der Waals surface area contributed by atoms with Crippen LogP contribution in [0.15, 0.2) is 60.8 Å². The summed E-state index contributed by atoms with van der Waals surface area (Å²) in [7, 11) is -5.13. The van der Waals surface area contributed by atoms with Gasteiger partial charge in [-0.2, -0.15) is 0 Å². The first-order valence-corrected chi connectivity index (χ1v) is 31.6. The van der Waals surface area contributed by atoms with Gasteiger partial charge in [0, 0.05) is 12.8 Å². The lowest BCUT2D eigenvalue weighted by molar-refractivity contribution is -0.220. The number of rotatable bonds is 51. The lowest BCUT2D eigenvalue weighted by Gasteiger charge is -2.41. The number of allylic oxidation sites excluding steroid dienone is 10. The summed E-state index contributed by atoms with van der Waals surface area (Å²) >= 11 is 0. The smallest absolute Gasteiger partial charge is 0.462 e. The summed E-state index contributed by atoms with van der Waals surface area (Å²) in [5.74, 6) is -1.10. The minimum Gasteiger partial charge on any atom is -0.462 e. The molecule has 1 aliphatic rings. The number of ether oxygens (including phenoxy) is 2. The second-order valence-electron chi connectivity index (χ2n) is 20.8. The molecule has 0 aliphatic heterocycles. The molecule has 6 unspecified atom stereocenters. The quantitative estimate of drug-likeness (QED) is 0.0145. The van der Waals surface area contributed by atoms with E-state index in [0.717, 1.165) is 77.0 Å². The zero-order chi connectivity index (χ0) is 54.9. The molecule has 14 heteroatoms. The van der Waals surface area contributed by atoms with Crippen LogP contribution in [0.2, 0.25) is 0 Å². The van der Waals surface area contributed by atoms with E-state index in [1.165, 1.54) is 141 Å². The Balaban J connectivity index is 2.31. The zero-order valence-electron chi connectivity index (χ0n) is 47.1. The molecule has 0 aromatic heterocycles. The fourth-order valence-electron chi connectivity index (χ4n) is 9.10. The van der Waals surface area contributed by atoms with Gasteiger partial charge in [0.25, 0.3) is 0 Å². The van der Waals surface area contributed by atoms with E-state index < -0.39 is 75.7 Å². The van der Waals surface area contributed by atoms with Crippen LogP contribution in [-0.2, 0) is 32.7 Å². The van der Waals surface area contributed by atoms with Crippen LogP contribution in [0.1, 0.15) is 258 Å². The van der Waals surface area contributed by atoms with Crippen LogP contribution in [-0.4, -0.2) is 98.3 Å². The van der Waals surface area contributed by atoms with Crippen LogP contribution in [0.3, 0.4) is 0 Å². The first-order valence-electron chi connectivity index (χ1n) is 30.1. The Hall–Kier alpha value is -2.45. The molecule has 1 aliphatic carbocycles. The van der Waals surface area contributed by atoms with Crippen LogP contribution >= 0.6 is 7.82 Å². The van der Waals surface area contributed by atoms with Crippen molar-refractivity contribution >= 4 is 19.8 Å². The fraction of sp³-hybridized carbons (Fsp3) is 0.803. The van der Waals surface area contributed by atoms with Gasteiger partial charge in [-0.3, -0.25) is 18.6 Å². The minimum absolute atomic E-state index is 0.0902. The van der Waals surface area contributed by atoms with Crippen molar-refractivity contribution in [3.05, 3.63) is 60.8 Å². The Bertz CT molecular complexity index is 1530. The van der Waals surface area contributed by atoms with E-state index in [9.17, 15) is 44.6 Å². The summed E-state index contributed by atoms with van der Waals surface area (Å²) in [6.07, 6.45) is 51.2. The molecular weight excluding hydrogens is 972 g/mol. The predicted molar refractivity (Wildman–Crippen MR) is 304 cm³/mol. The molecule has 0 aromatic carbocycles. The summed E-state index contributed by atoms with van der Waals surface area (Å²) in [5.41, 5.74) is 0. The molecule has 13 nitrogen and oxygen atoms in total. The van der Waals surface area contributed by atoms with Crippen molar-refractivity contribution < 1.29 is 63.1 Å². The van der Waals surface area contributed by atoms with Gasteiger partial charge in [0.2, 0.25) is 0 Å². The third-order valence-electron chi connectivity index (χ3n) is 13.8. The number of phosphoric acid groups is 1. The van der Waals surface area contributed by atoms with Crippen molar-refractivity contribution in [2.75, 3.05) is 13.2 Å². The van der Waals surface area contributed by atoms with Crippen LogP contribution in [0.5, 0.6) is 0 Å². The van der Waals surface area contributed by atoms with E-state index in [4.69, 9.17) is 18.5 Å². The van der Waals surface area contributed by atoms with E-state index in [0.29, 0.717) is 12.8 Å². The standard InChI is InChI=1S/C61H109O13P/c1-3-5-7-9-11-13-15-17-19-21-23-25-27-29-31-33-35-37-39-41-43-45-47-49-54(62)71-51-53(52-72-75(69,70)74-61-59(67)57(65)56(64)58(66)60(61)68)73-55(63)50-48-46-44-42-40-38-36-34-32-30-28-26-24-22-20-18-16-14-12-10-8-6-4-2/h6,8,12,14,18,20-21,23-24,26,53,56-61,64-68H,3-5,7,9-11,13,15-17,19,22,25,27-52H2,1-2H3,(H,69,70)/b8-6-,14-12-,20-18-,23-21-,26-24-. The number of hydrogen-bond acceptors (Lipinski definition) is 12. The number of carbonyl (C=O) groups excluding carboxylic acids is 2. The monoisotopic (exact) mass is 1080 g/mol. The van der Waals surface area contributed by atoms with Gasteiger partial charge in [0.15, 0.2) is 6.10 Å². The molecule has 0 radical (unpaired) electrons. The molecule has 1 rings (SSSR count). The highest BCUT2D eigenvalue weighted by Crippen LogP contribution is 2.47. The molecule has 0 spiro atoms. The van der Waals surface area contributed by atoms with Gasteiger partial charge in [-0.15, -0.1) is 0 Å². The summed E-state index contributed by atoms with van der Waals surface area (Å²) in [6.45, 7) is 3.23. The molecule has 436 valence electrons. The maximum atomic E-state index is 12.9. The van der Waals surface area contributed by atoms with Gasteiger partial charge in [0.1, 0.15) is 43.2 Å². The number of aliphatic hydroxyl groups excluding tert-OH is 5. The normalized spacial score (nSPS) is 20.6. The van der Waals surface area contributed by atoms with E-state index in [1.54, 1.807) is 0 Å². The summed E-state index contributed by atoms with van der Waals surface area (Å²) in [6, 6.07) is 0. The third-order valence-corrected chi connectivity index (χ3v) is 14.8. The van der Waals surface area contributed by atoms with Crippen LogP contribution in [0.4, 0.5) is 0 Å². The first-order chi connectivity index (χ1) is 36.4. The Morgan fingerprint density at radius 3 is 1.17 bits per heavy atom. The highest BCUT2D eigenvalue weighted by atomic mass is 31.2. The number of phosphoric ester groups is 1. The average Bonchev–Trinajstić information content (AvgIpc) is 3.39. The van der Waals surface area contributed by atoms with Gasteiger partial charge in [-0.05, 0) is 77.0 Å². The topological polar surface area (TPSA) is 210 Å². The van der Waals surface area contributed by atoms with E-state index in [-0.39, 0.29) is 12.8 Å². The van der Waals surface area contributed by atoms with Gasteiger partial charge in [-0.25, -0.2) is 4.57 Å². The molecule has 6 N–H and O–H groups in total. The Morgan fingerprint density at radius 1 is 0.427 bits per heavy atom. The first kappa shape index (κ1) is 70.6. The van der Waals surface area contributed by atoms with Gasteiger partial charge in [-0.1, -0.05) is 229 Å². The van der Waals surface area contributed by atoms with Gasteiger partial charge < -0.3 is 39.9 Å². The fourth-order valence-corrected chi connectivity index (χ4v) is 10.1. The van der Waals surface area contributed by atoms with Crippen LogP contribution in [0, 0.1) is 0 Å². The maximum absolute atomic E-state index is 12.9. The Labute approximate surface area is 455 Å². The predicted octanol–water partition coefficient (Wildman–Crippen LogP) is 14.4. The molecule has 75 heavy (non-hydrogen) atoms. The lowest BCUT2D eigenvalue weighted by atomic mass is 9.85. The van der Waals surface area contributed by atoms with Crippen molar-refractivity contribution in [2.45, 2.75) is 301 Å². The molecule has 1 saturated carbocycles. The van der Waals surface area contributed by atoms with E-state index >= 15 is 0 Å². The highest BCUT2D eigenvalue weighted by Gasteiger charge is 2.51. The molecule has 1 fully saturated rings. The van der Waals surface area contributed by atoms with E-state index in [2.05, 4.69) is 74.6 Å². The van der Waals surface area contributed by atoms with Crippen molar-refractivity contribution in [3.63, 3.8) is 0 Å². The second-order valence-corrected chi connectivity index (χ2v) is 22.2. The number of carbonyl (C=O) groups is 2. The Morgan fingerprint density at radius 2 is 0.760 bits per heavy atom. The van der Waals surface area contributed by atoms with Crippen molar-refractivity contribution in [1.82, 2.24) is 0 Å². The molecule has 0 bridgehead atoms. The van der Waals surface area contributed by atoms with Crippen molar-refractivity contribution in [2.24, 2.45) is 0 Å². The number of esters is 2. The molecular formula is C61H109O13P. The van der Waals surface area contributed by atoms with Crippen molar-refractivity contribution in [1.29, 1.82) is 0 Å². The number of unbranched alkanes of at least 4 members (excludes halogenated alkanes) is 29. The maximum Gasteiger partial charge on any atom is 0.472 e. The SMILES string of the molecule is CC/C=C\C/C=C\C/C=C\C/C=C\CCCCCCCCCCCCC(=O)OC(COC(=O)CCCCCCCCCCCCC/C=C\CCCCCCCCCC)COP(=O)(O)OC1C(O)C(O)C(O)C(O)C1O. The van der Waals surface area contributed by atoms with Gasteiger partial charge in [0.05, 0.1) is 6.61 Å². The summed E-state index contributed by atoms with van der Waals surface area (Å²) < 4.78 is 33.8. The highest BCUT2D eigenvalue weighted by molar-refractivity contribution is 7.47. The number of hydrogen-bond donors (Lipinski definition) is 6. The van der Waals surface area contributed by atoms with Crippen molar-refractivity contribution in [3.8, 4) is 0 Å². The average molecular weight is 1080 g/mol. The van der Waals surface area contributed by atoms with Gasteiger partial charge >= 0.3 is 19.8 Å². The minimum atomic E-state index is -5.13. The number of aliphatic hydroxyl groups is 5. The van der Waals surface area contributed by atoms with Crippen LogP contribution in [0.25, 0.3) is 0 Å². The molecule has 0 amide bonds. The second kappa shape index (κ2) is 49.8. The largest absolute Gasteiger partial charge is 0.472 e. The van der Waals surface area contributed by atoms with Crippen LogP contribution < -0.4 is 0 Å². The zero-order valence-corrected chi connectivity index (χ0v) is 48.0.